The third kappa shape index (κ3) is 4.47. The first-order valence-electron chi connectivity index (χ1n) is 14.3. The number of hydrogen-bond acceptors (Lipinski definition) is 5. The average molecular weight is 479 g/mol. The maximum absolute atomic E-state index is 12.4. The molecule has 2 N–H and O–H groups in total. The third-order valence-electron chi connectivity index (χ3n) is 11.7. The van der Waals surface area contributed by atoms with Crippen LogP contribution >= 0.6 is 0 Å². The summed E-state index contributed by atoms with van der Waals surface area (Å²) in [6.07, 6.45) is 11.6. The summed E-state index contributed by atoms with van der Waals surface area (Å²) in [5, 5.41) is 20.4. The fourth-order valence-corrected chi connectivity index (χ4v) is 9.37. The van der Waals surface area contributed by atoms with Crippen LogP contribution in [0.15, 0.2) is 0 Å². The molecule has 0 radical (unpaired) electrons. The Labute approximate surface area is 207 Å². The van der Waals surface area contributed by atoms with Crippen LogP contribution in [0, 0.1) is 52.3 Å². The fraction of sp³-hybridized carbons (Fsp3) is 0.966. The molecule has 0 saturated heterocycles. The number of aliphatic hydroxyl groups is 1. The van der Waals surface area contributed by atoms with E-state index in [1.54, 1.807) is 0 Å². The highest BCUT2D eigenvalue weighted by atomic mass is 17.1. The smallest absolute Gasteiger partial charge is 0.308 e. The van der Waals surface area contributed by atoms with Crippen LogP contribution in [0.1, 0.15) is 105 Å². The number of esters is 1. The first kappa shape index (κ1) is 26.4. The van der Waals surface area contributed by atoms with E-state index in [1.807, 2.05) is 13.8 Å². The Kier molecular flexibility index (Phi) is 8.06. The van der Waals surface area contributed by atoms with Crippen LogP contribution in [0.5, 0.6) is 0 Å². The Bertz CT molecular complexity index is 711. The van der Waals surface area contributed by atoms with Gasteiger partial charge in [0.05, 0.1) is 18.6 Å². The summed E-state index contributed by atoms with van der Waals surface area (Å²) in [5.74, 6) is 3.57. The minimum Gasteiger partial charge on any atom is -0.462 e. The largest absolute Gasteiger partial charge is 0.462 e. The Morgan fingerprint density at radius 2 is 1.82 bits per heavy atom. The van der Waals surface area contributed by atoms with E-state index in [0.29, 0.717) is 42.1 Å². The van der Waals surface area contributed by atoms with Crippen molar-refractivity contribution in [2.24, 2.45) is 52.3 Å². The Morgan fingerprint density at radius 1 is 1.06 bits per heavy atom. The molecule has 4 saturated carbocycles. The normalized spacial score (nSPS) is 45.6. The Balaban J connectivity index is 1.45. The van der Waals surface area contributed by atoms with E-state index in [-0.39, 0.29) is 34.9 Å². The average Bonchev–Trinajstić information content (AvgIpc) is 3.18. The molecule has 4 rings (SSSR count). The van der Waals surface area contributed by atoms with E-state index in [9.17, 15) is 9.90 Å². The lowest BCUT2D eigenvalue weighted by Gasteiger charge is -2.62. The number of carbonyl (C=O) groups is 1. The molecule has 0 aromatic carbocycles. The van der Waals surface area contributed by atoms with Crippen LogP contribution in [-0.4, -0.2) is 35.1 Å². The van der Waals surface area contributed by atoms with Crippen molar-refractivity contribution in [1.82, 2.24) is 0 Å². The van der Waals surface area contributed by atoms with Crippen molar-refractivity contribution in [3.63, 3.8) is 0 Å². The van der Waals surface area contributed by atoms with Crippen molar-refractivity contribution < 1.29 is 24.8 Å². The zero-order valence-electron chi connectivity index (χ0n) is 22.3. The summed E-state index contributed by atoms with van der Waals surface area (Å²) in [7, 11) is 0. The predicted molar refractivity (Wildman–Crippen MR) is 133 cm³/mol. The molecule has 196 valence electrons. The van der Waals surface area contributed by atoms with Gasteiger partial charge < -0.3 is 9.84 Å². The zero-order chi connectivity index (χ0) is 24.7. The van der Waals surface area contributed by atoms with Crippen molar-refractivity contribution in [3.05, 3.63) is 0 Å². The summed E-state index contributed by atoms with van der Waals surface area (Å²) in [4.78, 5) is 16.7. The second-order valence-electron chi connectivity index (χ2n) is 13.1. The Morgan fingerprint density at radius 3 is 2.53 bits per heavy atom. The van der Waals surface area contributed by atoms with Gasteiger partial charge in [-0.3, -0.25) is 10.1 Å². The predicted octanol–water partition coefficient (Wildman–Crippen LogP) is 6.48. The molecule has 11 atom stereocenters. The third-order valence-corrected chi connectivity index (χ3v) is 11.7. The fourth-order valence-electron chi connectivity index (χ4n) is 9.37. The van der Waals surface area contributed by atoms with Gasteiger partial charge in [-0.1, -0.05) is 34.6 Å². The topological polar surface area (TPSA) is 76.0 Å². The monoisotopic (exact) mass is 478 g/mol. The van der Waals surface area contributed by atoms with E-state index < -0.39 is 0 Å². The number of ether oxygens (including phenoxy) is 1. The SMILES string of the molecule is CCC(C)C(=O)OC1CCC2(C)C(CCC3C2CC(O)C2(C)C(C(C)CCCOO)CCC32)C1. The Hall–Kier alpha value is -0.650. The quantitative estimate of drug-likeness (QED) is 0.181. The summed E-state index contributed by atoms with van der Waals surface area (Å²) >= 11 is 0. The summed E-state index contributed by atoms with van der Waals surface area (Å²) in [5.41, 5.74) is 0.263. The van der Waals surface area contributed by atoms with Crippen molar-refractivity contribution >= 4 is 5.97 Å². The molecule has 0 aromatic heterocycles. The summed E-state index contributed by atoms with van der Waals surface area (Å²) in [6, 6.07) is 0. The number of fused-ring (bicyclic) bond motifs is 5. The van der Waals surface area contributed by atoms with E-state index >= 15 is 0 Å². The second kappa shape index (κ2) is 10.4. The van der Waals surface area contributed by atoms with E-state index in [1.165, 1.54) is 25.7 Å². The minimum atomic E-state index is -0.237. The molecule has 0 heterocycles. The van der Waals surface area contributed by atoms with Crippen LogP contribution < -0.4 is 0 Å². The van der Waals surface area contributed by atoms with Crippen molar-refractivity contribution in [2.75, 3.05) is 6.61 Å². The van der Waals surface area contributed by atoms with Crippen molar-refractivity contribution in [3.8, 4) is 0 Å². The molecule has 4 fully saturated rings. The van der Waals surface area contributed by atoms with E-state index in [0.717, 1.165) is 44.9 Å². The van der Waals surface area contributed by atoms with Crippen LogP contribution in [0.4, 0.5) is 0 Å². The van der Waals surface area contributed by atoms with Gasteiger partial charge in [0.2, 0.25) is 0 Å². The molecule has 0 aliphatic heterocycles. The highest BCUT2D eigenvalue weighted by molar-refractivity contribution is 5.72. The standard InChI is InChI=1S/C29H50O5/c1-6-18(2)27(31)34-21-13-14-28(4)20(16-21)9-10-22-24-12-11-23(19(3)8-7-15-33-32)29(24,5)26(30)17-25(22)28/h18-26,30,32H,6-17H2,1-5H3. The minimum absolute atomic E-state index is 0.00682. The van der Waals surface area contributed by atoms with Gasteiger partial charge in [-0.15, -0.1) is 0 Å². The van der Waals surface area contributed by atoms with E-state index in [2.05, 4.69) is 25.7 Å². The van der Waals surface area contributed by atoms with E-state index in [4.69, 9.17) is 9.99 Å². The molecule has 4 aliphatic carbocycles. The molecule has 0 aromatic rings. The van der Waals surface area contributed by atoms with Crippen LogP contribution in [-0.2, 0) is 14.4 Å². The van der Waals surface area contributed by atoms with Gasteiger partial charge in [-0.05, 0) is 117 Å². The number of rotatable bonds is 8. The van der Waals surface area contributed by atoms with Gasteiger partial charge in [0, 0.05) is 0 Å². The number of aliphatic hydroxyl groups excluding tert-OH is 1. The maximum Gasteiger partial charge on any atom is 0.308 e. The van der Waals surface area contributed by atoms with Crippen LogP contribution in [0.25, 0.3) is 0 Å². The summed E-state index contributed by atoms with van der Waals surface area (Å²) < 4.78 is 5.95. The maximum atomic E-state index is 12.4. The number of hydrogen-bond donors (Lipinski definition) is 2. The molecule has 0 bridgehead atoms. The molecular formula is C29H50O5. The summed E-state index contributed by atoms with van der Waals surface area (Å²) in [6.45, 7) is 11.7. The first-order valence-corrected chi connectivity index (χ1v) is 14.3. The molecule has 11 unspecified atom stereocenters. The molecule has 0 amide bonds. The van der Waals surface area contributed by atoms with Crippen LogP contribution in [0.3, 0.4) is 0 Å². The van der Waals surface area contributed by atoms with Gasteiger partial charge in [-0.25, -0.2) is 4.89 Å². The molecule has 5 heteroatoms. The van der Waals surface area contributed by atoms with Crippen molar-refractivity contribution in [2.45, 2.75) is 117 Å². The van der Waals surface area contributed by atoms with Gasteiger partial charge in [-0.2, -0.15) is 0 Å². The molecule has 34 heavy (non-hydrogen) atoms. The van der Waals surface area contributed by atoms with Crippen molar-refractivity contribution in [1.29, 1.82) is 0 Å². The van der Waals surface area contributed by atoms with Gasteiger partial charge in [0.1, 0.15) is 6.10 Å². The molecule has 5 nitrogen and oxygen atoms in total. The highest BCUT2D eigenvalue weighted by Gasteiger charge is 2.63. The first-order chi connectivity index (χ1) is 16.2. The number of carbonyl (C=O) groups excluding carboxylic acids is 1. The highest BCUT2D eigenvalue weighted by Crippen LogP contribution is 2.68. The molecular weight excluding hydrogens is 428 g/mol. The lowest BCUT2D eigenvalue weighted by atomic mass is 9.43. The van der Waals surface area contributed by atoms with Gasteiger partial charge in [0.15, 0.2) is 0 Å². The molecule has 4 aliphatic rings. The lowest BCUT2D eigenvalue weighted by Crippen LogP contribution is -2.59. The second-order valence-corrected chi connectivity index (χ2v) is 13.1. The lowest BCUT2D eigenvalue weighted by molar-refractivity contribution is -0.243. The zero-order valence-corrected chi connectivity index (χ0v) is 22.3. The molecule has 0 spiro atoms. The van der Waals surface area contributed by atoms with Gasteiger partial charge in [0.25, 0.3) is 0 Å². The van der Waals surface area contributed by atoms with Crippen LogP contribution in [0.2, 0.25) is 0 Å². The van der Waals surface area contributed by atoms with Gasteiger partial charge >= 0.3 is 5.97 Å².